The highest BCUT2D eigenvalue weighted by Gasteiger charge is 3.04. The van der Waals surface area contributed by atoms with Gasteiger partial charge in [0.2, 0.25) is 0 Å². The largest absolute Gasteiger partial charge is 0.469 e. The summed E-state index contributed by atoms with van der Waals surface area (Å²) in [6.07, 6.45) is -14.5. The first-order valence-corrected chi connectivity index (χ1v) is 18.3. The number of phosphoric ester groups is 1. The Hall–Kier alpha value is -3.18. The van der Waals surface area contributed by atoms with E-state index < -0.39 is 164 Å². The van der Waals surface area contributed by atoms with Crippen LogP contribution in [-0.2, 0) is 9.09 Å². The third kappa shape index (κ3) is 9.04. The van der Waals surface area contributed by atoms with Crippen LogP contribution >= 0.6 is 7.82 Å². The summed E-state index contributed by atoms with van der Waals surface area (Å²) in [6.45, 7) is -2.18. The molecule has 470 valence electrons. The van der Waals surface area contributed by atoms with Gasteiger partial charge in [0.05, 0.1) is 6.61 Å². The molecule has 4 nitrogen and oxygen atoms in total. The smallest absolute Gasteiger partial charge is 0.303 e. The summed E-state index contributed by atoms with van der Waals surface area (Å²) in [5.74, 6) is -224. The van der Waals surface area contributed by atoms with Gasteiger partial charge >= 0.3 is 144 Å². The topological polar surface area (TPSA) is 66.8 Å². The van der Waals surface area contributed by atoms with Gasteiger partial charge in [0, 0.05) is 6.42 Å². The van der Waals surface area contributed by atoms with Crippen molar-refractivity contribution in [3.8, 4) is 0 Å². The fourth-order valence-electron chi connectivity index (χ4n) is 4.79. The Morgan fingerprint density at radius 3 is 0.487 bits per heavy atom. The lowest BCUT2D eigenvalue weighted by Gasteiger charge is -2.47. The van der Waals surface area contributed by atoms with Crippen molar-refractivity contribution in [3.05, 3.63) is 0 Å². The molecule has 0 aliphatic rings. The van der Waals surface area contributed by atoms with E-state index in [0.717, 1.165) is 0 Å². The highest BCUT2D eigenvalue weighted by Crippen LogP contribution is 2.72. The average molecular weight is 1310 g/mol. The predicted octanol–water partition coefficient (Wildman–Crippen LogP) is 15.4. The van der Waals surface area contributed by atoms with Crippen LogP contribution < -0.4 is 0 Å². The van der Waals surface area contributed by atoms with Crippen molar-refractivity contribution in [2.45, 2.75) is 149 Å². The first-order valence-electron chi connectivity index (χ1n) is 16.8. The predicted molar refractivity (Wildman–Crippen MR) is 142 cm³/mol. The van der Waals surface area contributed by atoms with Gasteiger partial charge in [-0.1, -0.05) is 0 Å². The van der Waals surface area contributed by atoms with Crippen molar-refractivity contribution in [2.24, 2.45) is 0 Å². The molecule has 0 amide bonds. The molecule has 0 atom stereocenters. The second-order valence-corrected chi connectivity index (χ2v) is 15.9. The van der Waals surface area contributed by atoms with Crippen molar-refractivity contribution in [3.63, 3.8) is 0 Å². The molecule has 52 heteroatoms. The number of hydrogen-bond donors (Lipinski definition) is 2. The Morgan fingerprint density at radius 1 is 0.231 bits per heavy atom. The first kappa shape index (κ1) is 74.8. The first-order chi connectivity index (χ1) is 32.7. The molecule has 0 aromatic heterocycles. The van der Waals surface area contributed by atoms with Gasteiger partial charge in [0.15, 0.2) is 0 Å². The summed E-state index contributed by atoms with van der Waals surface area (Å²) in [7, 11) is -5.96. The maximum absolute atomic E-state index is 14.2. The van der Waals surface area contributed by atoms with Crippen LogP contribution in [0.2, 0.25) is 0 Å². The number of alkyl halides is 47. The molecule has 0 radical (unpaired) electrons. The van der Waals surface area contributed by atoms with Crippen LogP contribution in [0.5, 0.6) is 0 Å². The molecule has 0 heterocycles. The maximum atomic E-state index is 14.2. The minimum atomic E-state index is -10.9. The summed E-state index contributed by atoms with van der Waals surface area (Å²) < 4.78 is 663. The van der Waals surface area contributed by atoms with E-state index in [0.29, 0.717) is 0 Å². The van der Waals surface area contributed by atoms with Gasteiger partial charge in [0.25, 0.3) is 0 Å². The van der Waals surface area contributed by atoms with E-state index in [1.54, 1.807) is 0 Å². The molecule has 0 aliphatic heterocycles. The summed E-state index contributed by atoms with van der Waals surface area (Å²) in [4.78, 5) is 16.4. The number of rotatable bonds is 26. The van der Waals surface area contributed by atoms with Crippen LogP contribution in [-0.4, -0.2) is 153 Å². The van der Waals surface area contributed by atoms with Crippen molar-refractivity contribution < 1.29 is 225 Å². The third-order valence-corrected chi connectivity index (χ3v) is 10.1. The lowest BCUT2D eigenvalue weighted by molar-refractivity contribution is -0.498. The average Bonchev–Trinajstić information content (AvgIpc) is 3.19. The Balaban J connectivity index is 8.03. The highest BCUT2D eigenvalue weighted by atomic mass is 31.2. The lowest BCUT2D eigenvalue weighted by Crippen LogP contribution is -2.81. The van der Waals surface area contributed by atoms with E-state index in [4.69, 9.17) is 9.79 Å². The molecule has 0 aromatic rings. The van der Waals surface area contributed by atoms with Crippen LogP contribution in [0.15, 0.2) is 0 Å². The highest BCUT2D eigenvalue weighted by molar-refractivity contribution is 7.46. The molecule has 0 saturated heterocycles. The summed E-state index contributed by atoms with van der Waals surface area (Å²) in [5, 5.41) is 0. The molecule has 0 saturated carbocycles. The standard InChI is InChI=1S/C26H8F47O4P/c27-4(28,2-1-3-77-78(74,75)76)5(29,30)6(31,32)7(33,34)8(35,36)9(37,38)10(39,40)11(41,42)12(43,44)13(45,46)14(47,48)15(49,50)16(51,52)17(53,54)18(55,56)19(57,58)20(59,60)21(61,62)22(63,64)23(65,66)24(67,68)25(69,70)26(71,72)73/h1-3H2,(H2,74,75,76). The zero-order chi connectivity index (χ0) is 64.8. The molecule has 2 N–H and O–H groups in total. The Bertz CT molecular complexity index is 2190. The van der Waals surface area contributed by atoms with Crippen molar-refractivity contribution in [1.82, 2.24) is 0 Å². The molecule has 0 aromatic carbocycles. The van der Waals surface area contributed by atoms with Gasteiger partial charge < -0.3 is 9.79 Å². The number of hydrogen-bond acceptors (Lipinski definition) is 2. The number of phosphoric acid groups is 1. The monoisotopic (exact) mass is 1310 g/mol. The van der Waals surface area contributed by atoms with E-state index in [2.05, 4.69) is 4.52 Å². The molecule has 0 unspecified atom stereocenters. The van der Waals surface area contributed by atoms with E-state index in [-0.39, 0.29) is 0 Å². The van der Waals surface area contributed by atoms with Gasteiger partial charge in [0.1, 0.15) is 0 Å². The molecule has 0 fully saturated rings. The molecule has 0 bridgehead atoms. The minimum Gasteiger partial charge on any atom is -0.303 e. The van der Waals surface area contributed by atoms with Crippen molar-refractivity contribution in [2.75, 3.05) is 6.61 Å². The van der Waals surface area contributed by atoms with Crippen LogP contribution in [0.4, 0.5) is 206 Å². The van der Waals surface area contributed by atoms with Gasteiger partial charge in [-0.3, -0.25) is 4.52 Å². The normalized spacial score (nSPS) is 17.3. The molecule has 78 heavy (non-hydrogen) atoms. The van der Waals surface area contributed by atoms with E-state index in [1.165, 1.54) is 0 Å². The van der Waals surface area contributed by atoms with Crippen molar-refractivity contribution >= 4 is 7.82 Å². The van der Waals surface area contributed by atoms with Crippen LogP contribution in [0.3, 0.4) is 0 Å². The molecule has 0 spiro atoms. The van der Waals surface area contributed by atoms with Gasteiger partial charge in [-0.05, 0) is 6.42 Å². The molecule has 0 rings (SSSR count). The second-order valence-electron chi connectivity index (χ2n) is 14.7. The Kier molecular flexibility index (Phi) is 17.9. The Labute approximate surface area is 390 Å². The third-order valence-electron chi connectivity index (χ3n) is 9.60. The van der Waals surface area contributed by atoms with E-state index in [9.17, 15) is 211 Å². The number of halogens is 47. The summed E-state index contributed by atoms with van der Waals surface area (Å²) in [5.41, 5.74) is 0. The lowest BCUT2D eigenvalue weighted by atomic mass is 9.81. The van der Waals surface area contributed by atoms with Crippen molar-refractivity contribution in [1.29, 1.82) is 0 Å². The van der Waals surface area contributed by atoms with Gasteiger partial charge in [-0.2, -0.15) is 206 Å². The van der Waals surface area contributed by atoms with Crippen LogP contribution in [0.1, 0.15) is 12.8 Å². The van der Waals surface area contributed by atoms with Crippen LogP contribution in [0.25, 0.3) is 0 Å². The van der Waals surface area contributed by atoms with Crippen LogP contribution in [0, 0.1) is 0 Å². The summed E-state index contributed by atoms with van der Waals surface area (Å²) in [6, 6.07) is 0. The summed E-state index contributed by atoms with van der Waals surface area (Å²) >= 11 is 0. The zero-order valence-electron chi connectivity index (χ0n) is 33.5. The minimum absolute atomic E-state index is 2.18. The van der Waals surface area contributed by atoms with E-state index >= 15 is 0 Å². The zero-order valence-corrected chi connectivity index (χ0v) is 34.4. The molecular formula is C26H8F47O4P. The fourth-order valence-corrected chi connectivity index (χ4v) is 5.16. The second kappa shape index (κ2) is 18.7. The molecule has 0 aliphatic carbocycles. The van der Waals surface area contributed by atoms with E-state index in [1.807, 2.05) is 0 Å². The fraction of sp³-hybridized carbons (Fsp3) is 1.00. The maximum Gasteiger partial charge on any atom is 0.469 e. The Morgan fingerprint density at radius 2 is 0.359 bits per heavy atom. The molecular weight excluding hydrogens is 1300 g/mol. The SMILES string of the molecule is O=P(O)(O)OCCCC(F)(F)C(F)(F)C(F)(F)C(F)(F)C(F)(F)C(F)(F)C(F)(F)C(F)(F)C(F)(F)C(F)(F)C(F)(F)C(F)(F)C(F)(F)C(F)(F)C(F)(F)C(F)(F)C(F)(F)C(F)(F)C(F)(F)C(F)(F)C(F)(F)C(F)(F)C(F)(F)F. The van der Waals surface area contributed by atoms with Gasteiger partial charge in [-0.15, -0.1) is 0 Å². The van der Waals surface area contributed by atoms with Gasteiger partial charge in [-0.25, -0.2) is 4.57 Å². The quantitative estimate of drug-likeness (QED) is 0.0515.